The van der Waals surface area contributed by atoms with Crippen LogP contribution < -0.4 is 11.3 Å². The average Bonchev–Trinajstić information content (AvgIpc) is 2.83. The van der Waals surface area contributed by atoms with Gasteiger partial charge in [0.15, 0.2) is 0 Å². The van der Waals surface area contributed by atoms with Crippen LogP contribution in [0.1, 0.15) is 18.1 Å². The number of halogens is 3. The van der Waals surface area contributed by atoms with E-state index in [2.05, 4.69) is 9.97 Å². The minimum absolute atomic E-state index is 0.146. The van der Waals surface area contributed by atoms with Crippen LogP contribution in [0.15, 0.2) is 77.9 Å². The van der Waals surface area contributed by atoms with Gasteiger partial charge in [-0.05, 0) is 60.5 Å². The Morgan fingerprint density at radius 3 is 2.44 bits per heavy atom. The normalized spacial score (nSPS) is 11.9. The van der Waals surface area contributed by atoms with Crippen molar-refractivity contribution in [2.24, 2.45) is 0 Å². The van der Waals surface area contributed by atoms with Gasteiger partial charge in [0, 0.05) is 40.0 Å². The molecule has 0 aliphatic rings. The zero-order valence-corrected chi connectivity index (χ0v) is 18.1. The minimum atomic E-state index is -4.53. The van der Waals surface area contributed by atoms with Gasteiger partial charge in [0.25, 0.3) is 5.56 Å². The van der Waals surface area contributed by atoms with Crippen LogP contribution in [-0.2, 0) is 12.6 Å². The highest BCUT2D eigenvalue weighted by Crippen LogP contribution is 2.33. The lowest BCUT2D eigenvalue weighted by atomic mass is 10.0. The number of nitrogen functional groups attached to an aromatic ring is 1. The molecule has 5 aromatic rings. The van der Waals surface area contributed by atoms with Crippen LogP contribution in [0.3, 0.4) is 0 Å². The molecule has 2 aromatic carbocycles. The van der Waals surface area contributed by atoms with Gasteiger partial charge < -0.3 is 5.73 Å². The predicted molar refractivity (Wildman–Crippen MR) is 127 cm³/mol. The van der Waals surface area contributed by atoms with Gasteiger partial charge in [0.2, 0.25) is 0 Å². The first-order valence-electron chi connectivity index (χ1n) is 10.6. The number of anilines is 1. The SMILES string of the molecule is CCc1cc2cnc3ccc(-c4ccc(N)nc4)cc3c2n(-c2cccc(C(F)(F)F)c2)c1=O. The third-order valence-electron chi connectivity index (χ3n) is 5.83. The highest BCUT2D eigenvalue weighted by atomic mass is 19.4. The van der Waals surface area contributed by atoms with E-state index in [9.17, 15) is 18.0 Å². The number of hydrogen-bond acceptors (Lipinski definition) is 4. The van der Waals surface area contributed by atoms with Gasteiger partial charge in [-0.3, -0.25) is 14.3 Å². The van der Waals surface area contributed by atoms with Crippen LogP contribution in [0, 0.1) is 0 Å². The molecule has 0 spiro atoms. The maximum atomic E-state index is 13.5. The molecule has 0 saturated heterocycles. The maximum absolute atomic E-state index is 13.5. The summed E-state index contributed by atoms with van der Waals surface area (Å²) in [4.78, 5) is 22.1. The number of nitrogens with two attached hydrogens (primary N) is 1. The molecule has 5 nitrogen and oxygen atoms in total. The second-order valence-corrected chi connectivity index (χ2v) is 7.98. The maximum Gasteiger partial charge on any atom is 0.416 e. The van der Waals surface area contributed by atoms with E-state index in [4.69, 9.17) is 5.73 Å². The summed E-state index contributed by atoms with van der Waals surface area (Å²) in [5.41, 5.74) is 7.90. The molecule has 3 aromatic heterocycles. The molecule has 34 heavy (non-hydrogen) atoms. The molecule has 0 atom stereocenters. The fraction of sp³-hybridized carbons (Fsp3) is 0.115. The van der Waals surface area contributed by atoms with Crippen molar-refractivity contribution in [2.45, 2.75) is 19.5 Å². The number of aromatic nitrogens is 3. The van der Waals surface area contributed by atoms with E-state index < -0.39 is 11.7 Å². The molecule has 0 fully saturated rings. The first kappa shape index (κ1) is 21.6. The molecule has 8 heteroatoms. The van der Waals surface area contributed by atoms with Gasteiger partial charge in [-0.25, -0.2) is 4.98 Å². The van der Waals surface area contributed by atoms with Crippen molar-refractivity contribution in [1.29, 1.82) is 0 Å². The summed E-state index contributed by atoms with van der Waals surface area (Å²) < 4.78 is 41.7. The zero-order chi connectivity index (χ0) is 24.0. The van der Waals surface area contributed by atoms with E-state index in [0.29, 0.717) is 39.6 Å². The first-order valence-corrected chi connectivity index (χ1v) is 10.6. The Morgan fingerprint density at radius 2 is 1.74 bits per heavy atom. The molecule has 5 rings (SSSR count). The molecular weight excluding hydrogens is 441 g/mol. The molecule has 0 bridgehead atoms. The van der Waals surface area contributed by atoms with Crippen molar-refractivity contribution < 1.29 is 13.2 Å². The summed E-state index contributed by atoms with van der Waals surface area (Å²) in [5.74, 6) is 0.391. The monoisotopic (exact) mass is 460 g/mol. The Labute approximate surface area is 192 Å². The lowest BCUT2D eigenvalue weighted by Gasteiger charge is -2.16. The second kappa shape index (κ2) is 7.98. The number of benzene rings is 2. The second-order valence-electron chi connectivity index (χ2n) is 7.98. The molecule has 3 heterocycles. The van der Waals surface area contributed by atoms with E-state index in [-0.39, 0.29) is 11.2 Å². The van der Waals surface area contributed by atoms with Crippen LogP contribution in [0.5, 0.6) is 0 Å². The lowest BCUT2D eigenvalue weighted by Crippen LogP contribution is -2.23. The largest absolute Gasteiger partial charge is 0.416 e. The van der Waals surface area contributed by atoms with E-state index in [0.717, 1.165) is 23.3 Å². The van der Waals surface area contributed by atoms with E-state index in [1.165, 1.54) is 16.7 Å². The van der Waals surface area contributed by atoms with Gasteiger partial charge in [0.05, 0.1) is 16.6 Å². The predicted octanol–water partition coefficient (Wildman–Crippen LogP) is 5.76. The summed E-state index contributed by atoms with van der Waals surface area (Å²) in [6.45, 7) is 1.83. The average molecular weight is 460 g/mol. The molecule has 0 aliphatic carbocycles. The number of hydrogen-bond donors (Lipinski definition) is 1. The Bertz CT molecular complexity index is 1610. The molecule has 0 aliphatic heterocycles. The molecule has 0 saturated carbocycles. The number of alkyl halides is 3. The van der Waals surface area contributed by atoms with E-state index in [1.807, 2.05) is 31.2 Å². The Balaban J connectivity index is 1.88. The van der Waals surface area contributed by atoms with Gasteiger partial charge >= 0.3 is 6.18 Å². The summed E-state index contributed by atoms with van der Waals surface area (Å²) >= 11 is 0. The van der Waals surface area contributed by atoms with Crippen LogP contribution in [-0.4, -0.2) is 14.5 Å². The fourth-order valence-electron chi connectivity index (χ4n) is 4.12. The zero-order valence-electron chi connectivity index (χ0n) is 18.1. The van der Waals surface area contributed by atoms with Crippen molar-refractivity contribution in [1.82, 2.24) is 14.5 Å². The number of nitrogens with zero attached hydrogens (tertiary/aromatic N) is 3. The number of fused-ring (bicyclic) bond motifs is 3. The smallest absolute Gasteiger partial charge is 0.384 e. The first-order chi connectivity index (χ1) is 16.3. The van der Waals surface area contributed by atoms with Gasteiger partial charge in [-0.2, -0.15) is 13.2 Å². The Kier molecular flexibility index (Phi) is 5.08. The van der Waals surface area contributed by atoms with Gasteiger partial charge in [0.1, 0.15) is 5.82 Å². The van der Waals surface area contributed by atoms with Crippen molar-refractivity contribution in [2.75, 3.05) is 5.73 Å². The quantitative estimate of drug-likeness (QED) is 0.347. The molecule has 0 unspecified atom stereocenters. The lowest BCUT2D eigenvalue weighted by molar-refractivity contribution is -0.137. The fourth-order valence-corrected chi connectivity index (χ4v) is 4.12. The van der Waals surface area contributed by atoms with Crippen LogP contribution >= 0.6 is 0 Å². The third kappa shape index (κ3) is 3.67. The summed E-state index contributed by atoms with van der Waals surface area (Å²) in [6.07, 6.45) is -0.811. The number of aryl methyl sites for hydroxylation is 1. The number of rotatable bonds is 3. The summed E-state index contributed by atoms with van der Waals surface area (Å²) in [6, 6.07) is 15.6. The Morgan fingerprint density at radius 1 is 0.941 bits per heavy atom. The summed E-state index contributed by atoms with van der Waals surface area (Å²) in [5, 5.41) is 1.30. The molecule has 2 N–H and O–H groups in total. The van der Waals surface area contributed by atoms with Crippen molar-refractivity contribution in [3.8, 4) is 16.8 Å². The van der Waals surface area contributed by atoms with Crippen LogP contribution in [0.25, 0.3) is 38.6 Å². The van der Waals surface area contributed by atoms with E-state index in [1.54, 1.807) is 24.5 Å². The summed E-state index contributed by atoms with van der Waals surface area (Å²) in [7, 11) is 0. The molecule has 170 valence electrons. The minimum Gasteiger partial charge on any atom is -0.384 e. The molecule has 0 radical (unpaired) electrons. The van der Waals surface area contributed by atoms with Gasteiger partial charge in [-0.15, -0.1) is 0 Å². The highest BCUT2D eigenvalue weighted by Gasteiger charge is 2.30. The van der Waals surface area contributed by atoms with Gasteiger partial charge in [-0.1, -0.05) is 19.1 Å². The van der Waals surface area contributed by atoms with Crippen molar-refractivity contribution in [3.05, 3.63) is 94.5 Å². The van der Waals surface area contributed by atoms with Crippen molar-refractivity contribution in [3.63, 3.8) is 0 Å². The Hall–Kier alpha value is -4.20. The molecule has 0 amide bonds. The highest BCUT2D eigenvalue weighted by molar-refractivity contribution is 6.05. The molecular formula is C26H19F3N4O. The van der Waals surface area contributed by atoms with Crippen molar-refractivity contribution >= 4 is 27.6 Å². The van der Waals surface area contributed by atoms with E-state index >= 15 is 0 Å². The number of pyridine rings is 3. The van der Waals surface area contributed by atoms with Crippen LogP contribution in [0.2, 0.25) is 0 Å². The third-order valence-corrected chi connectivity index (χ3v) is 5.83. The topological polar surface area (TPSA) is 73.8 Å². The van der Waals surface area contributed by atoms with Crippen LogP contribution in [0.4, 0.5) is 19.0 Å². The standard InChI is InChI=1S/C26H19F3N4O/c1-2-15-10-18-14-31-22-8-6-16(17-7-9-23(30)32-13-17)11-21(22)24(18)33(25(15)34)20-5-3-4-19(12-20)26(27,28)29/h3-14H,2H2,1H3,(H2,30,32).